The van der Waals surface area contributed by atoms with Gasteiger partial charge < -0.3 is 10.0 Å². The highest BCUT2D eigenvalue weighted by Crippen LogP contribution is 2.73. The van der Waals surface area contributed by atoms with E-state index in [1.54, 1.807) is 4.90 Å². The first-order valence-corrected chi connectivity index (χ1v) is 15.4. The topological polar surface area (TPSA) is 129 Å². The van der Waals surface area contributed by atoms with Gasteiger partial charge >= 0.3 is 0 Å². The summed E-state index contributed by atoms with van der Waals surface area (Å²) >= 11 is 1.03. The molecule has 0 bridgehead atoms. The summed E-state index contributed by atoms with van der Waals surface area (Å²) in [5, 5.41) is 21.7. The van der Waals surface area contributed by atoms with Crippen LogP contribution in [0.5, 0.6) is 5.75 Å². The van der Waals surface area contributed by atoms with E-state index in [4.69, 9.17) is 0 Å². The van der Waals surface area contributed by atoms with Gasteiger partial charge in [0.2, 0.25) is 15.5 Å². The van der Waals surface area contributed by atoms with Gasteiger partial charge in [-0.25, -0.2) is 21.5 Å². The van der Waals surface area contributed by atoms with Crippen molar-refractivity contribution in [2.75, 3.05) is 30.9 Å². The lowest BCUT2D eigenvalue weighted by Gasteiger charge is -2.68. The minimum Gasteiger partial charge on any atom is -0.502 e. The molecule has 3 aromatic rings. The van der Waals surface area contributed by atoms with E-state index in [1.165, 1.54) is 27.5 Å². The van der Waals surface area contributed by atoms with Gasteiger partial charge in [0.05, 0.1) is 23.3 Å². The van der Waals surface area contributed by atoms with Crippen molar-refractivity contribution in [3.63, 3.8) is 0 Å². The Bertz CT molecular complexity index is 1790. The van der Waals surface area contributed by atoms with Gasteiger partial charge in [-0.05, 0) is 25.0 Å². The minimum absolute atomic E-state index is 0.0304. The maximum absolute atomic E-state index is 14.2. The highest BCUT2D eigenvalue weighted by atomic mass is 32.2. The van der Waals surface area contributed by atoms with Gasteiger partial charge in [-0.15, -0.1) is 10.2 Å². The van der Waals surface area contributed by atoms with Crippen LogP contribution in [0.1, 0.15) is 40.8 Å². The zero-order chi connectivity index (χ0) is 28.4. The van der Waals surface area contributed by atoms with Crippen LogP contribution in [0.3, 0.4) is 0 Å². The van der Waals surface area contributed by atoms with Gasteiger partial charge in [0.1, 0.15) is 22.3 Å². The van der Waals surface area contributed by atoms with Crippen LogP contribution in [0.2, 0.25) is 0 Å². The van der Waals surface area contributed by atoms with Crippen LogP contribution in [0.15, 0.2) is 29.2 Å². The Morgan fingerprint density at radius 3 is 2.70 bits per heavy atom. The molecule has 11 nitrogen and oxygen atoms in total. The lowest BCUT2D eigenvalue weighted by Crippen LogP contribution is -2.85. The molecule has 1 aliphatic carbocycles. The molecule has 2 saturated heterocycles. The number of amides is 1. The number of aromatic nitrogens is 3. The Balaban J connectivity index is 1.30. The van der Waals surface area contributed by atoms with E-state index in [0.29, 0.717) is 30.9 Å². The predicted octanol–water partition coefficient (Wildman–Crippen LogP) is 1.49. The maximum Gasteiger partial charge on any atom is 0.278 e. The Kier molecular flexibility index (Phi) is 5.15. The number of pyridine rings is 1. The van der Waals surface area contributed by atoms with E-state index in [-0.39, 0.29) is 40.8 Å². The van der Waals surface area contributed by atoms with Crippen molar-refractivity contribution in [3.8, 4) is 16.3 Å². The van der Waals surface area contributed by atoms with Crippen LogP contribution in [0, 0.1) is 17.0 Å². The van der Waals surface area contributed by atoms with Crippen LogP contribution in [0.25, 0.3) is 10.6 Å². The van der Waals surface area contributed by atoms with Gasteiger partial charge in [-0.2, -0.15) is 0 Å². The summed E-state index contributed by atoms with van der Waals surface area (Å²) in [6.07, 6.45) is 3.74. The first kappa shape index (κ1) is 25.5. The summed E-state index contributed by atoms with van der Waals surface area (Å²) < 4.78 is 55.1. The van der Waals surface area contributed by atoms with Crippen molar-refractivity contribution in [1.29, 1.82) is 0 Å². The number of aromatic hydroxyl groups is 1. The van der Waals surface area contributed by atoms with E-state index in [2.05, 4.69) is 10.2 Å². The average molecular weight is 591 g/mol. The molecule has 3 unspecified atom stereocenters. The molecule has 2 aromatic heterocycles. The van der Waals surface area contributed by atoms with Gasteiger partial charge in [-0.3, -0.25) is 19.3 Å². The molecule has 1 amide bonds. The second-order valence-electron chi connectivity index (χ2n) is 10.8. The molecular formula is C25H24F2N6O5S2. The van der Waals surface area contributed by atoms with Gasteiger partial charge in [0, 0.05) is 44.7 Å². The Hall–Kier alpha value is -3.43. The van der Waals surface area contributed by atoms with Crippen LogP contribution in [-0.2, 0) is 16.4 Å². The number of fused-ring (bicyclic) bond motifs is 3. The number of hydrogen-bond donors (Lipinski definition) is 1. The van der Waals surface area contributed by atoms with Gasteiger partial charge in [0.15, 0.2) is 16.5 Å². The molecule has 1 N–H and O–H groups in total. The summed E-state index contributed by atoms with van der Waals surface area (Å²) in [5.41, 5.74) is -1.91. The monoisotopic (exact) mass is 590 g/mol. The average Bonchev–Trinajstić information content (AvgIpc) is 3.26. The van der Waals surface area contributed by atoms with Crippen molar-refractivity contribution in [1.82, 2.24) is 24.1 Å². The third kappa shape index (κ3) is 3.13. The second-order valence-corrected chi connectivity index (χ2v) is 13.8. The van der Waals surface area contributed by atoms with E-state index < -0.39 is 49.8 Å². The van der Waals surface area contributed by atoms with Crippen molar-refractivity contribution in [2.45, 2.75) is 37.9 Å². The summed E-state index contributed by atoms with van der Waals surface area (Å²) in [6.45, 7) is 2.67. The predicted molar refractivity (Wildman–Crippen MR) is 140 cm³/mol. The van der Waals surface area contributed by atoms with Crippen molar-refractivity contribution >= 4 is 27.3 Å². The summed E-state index contributed by atoms with van der Waals surface area (Å²) in [6, 6.07) is 3.16. The molecule has 210 valence electrons. The van der Waals surface area contributed by atoms with Crippen molar-refractivity contribution in [2.24, 2.45) is 5.41 Å². The lowest BCUT2D eigenvalue weighted by molar-refractivity contribution is -0.0844. The molecule has 4 aliphatic rings. The third-order valence-corrected chi connectivity index (χ3v) is 11.0. The number of nitrogens with zero attached hydrogens (tertiary/aromatic N) is 6. The molecule has 7 rings (SSSR count). The van der Waals surface area contributed by atoms with E-state index in [1.807, 2.05) is 11.9 Å². The highest BCUT2D eigenvalue weighted by Gasteiger charge is 2.86. The quantitative estimate of drug-likeness (QED) is 0.474. The Morgan fingerprint density at radius 1 is 1.23 bits per heavy atom. The van der Waals surface area contributed by atoms with E-state index in [9.17, 15) is 31.9 Å². The molecule has 3 aliphatic heterocycles. The first-order valence-electron chi connectivity index (χ1n) is 12.7. The normalized spacial score (nSPS) is 27.0. The zero-order valence-electron chi connectivity index (χ0n) is 21.5. The van der Waals surface area contributed by atoms with E-state index >= 15 is 0 Å². The molecule has 1 aromatic carbocycles. The molecule has 15 heteroatoms. The fourth-order valence-corrected chi connectivity index (χ4v) is 8.76. The number of halogens is 2. The Labute approximate surface area is 231 Å². The third-order valence-electron chi connectivity index (χ3n) is 8.81. The number of benzene rings is 1. The molecule has 3 fully saturated rings. The SMILES string of the molecule is CCN1C(=O)c2c(O)c(=O)c(-c3nnc(Cc4ccc(F)cc4F)s3)cn2N2C3CC34CN(S(C)(=O)=O)CCC124. The number of hydrogen-bond acceptors (Lipinski definition) is 9. The summed E-state index contributed by atoms with van der Waals surface area (Å²) in [4.78, 5) is 28.7. The highest BCUT2D eigenvalue weighted by molar-refractivity contribution is 7.88. The summed E-state index contributed by atoms with van der Waals surface area (Å²) in [5.74, 6) is -2.62. The molecule has 40 heavy (non-hydrogen) atoms. The number of piperidine rings is 1. The van der Waals surface area contributed by atoms with Gasteiger partial charge in [-0.1, -0.05) is 17.4 Å². The molecule has 2 spiro atoms. The second kappa shape index (κ2) is 8.07. The minimum atomic E-state index is -3.41. The first-order chi connectivity index (χ1) is 18.9. The zero-order valence-corrected chi connectivity index (χ0v) is 23.1. The van der Waals surface area contributed by atoms with Crippen molar-refractivity contribution in [3.05, 3.63) is 62.5 Å². The Morgan fingerprint density at radius 2 is 2.00 bits per heavy atom. The fraction of sp³-hybridized carbons (Fsp3) is 0.440. The van der Waals surface area contributed by atoms with Crippen LogP contribution >= 0.6 is 11.3 Å². The van der Waals surface area contributed by atoms with Crippen LogP contribution in [-0.4, -0.2) is 81.1 Å². The molecule has 0 radical (unpaired) electrons. The maximum atomic E-state index is 14.2. The lowest BCUT2D eigenvalue weighted by atomic mass is 9.73. The molecule has 3 atom stereocenters. The fourth-order valence-electron chi connectivity index (χ4n) is 7.00. The summed E-state index contributed by atoms with van der Waals surface area (Å²) in [7, 11) is -3.41. The largest absolute Gasteiger partial charge is 0.502 e. The number of rotatable bonds is 5. The number of sulfonamides is 1. The van der Waals surface area contributed by atoms with Crippen molar-refractivity contribution < 1.29 is 27.1 Å². The van der Waals surface area contributed by atoms with E-state index in [0.717, 1.165) is 23.5 Å². The molecule has 1 saturated carbocycles. The smallest absolute Gasteiger partial charge is 0.278 e. The number of carbonyl (C=O) groups is 1. The van der Waals surface area contributed by atoms with Crippen LogP contribution in [0.4, 0.5) is 8.78 Å². The molecule has 5 heterocycles. The number of carbonyl (C=O) groups excluding carboxylic acids is 1. The standard InChI is InChI=1S/C25H24F2N6O5S2/c1-3-31-23(36)19-21(35)20(34)15(22-29-28-18(39-22)8-13-4-5-14(26)9-16(13)27)11-32(19)33-17-10-24(17)12-30(40(2,37)38)7-6-25(24,31)33/h4-5,9,11,17,35H,3,6-8,10,12H2,1-2H3. The van der Waals surface area contributed by atoms with Crippen LogP contribution < -0.4 is 10.4 Å². The van der Waals surface area contributed by atoms with Gasteiger partial charge in [0.25, 0.3) is 5.91 Å². The molecular weight excluding hydrogens is 566 g/mol.